The molecule has 33 heavy (non-hydrogen) atoms. The molecule has 0 aliphatic carbocycles. The highest BCUT2D eigenvalue weighted by Crippen LogP contribution is 2.27. The largest absolute Gasteiger partial charge is 0.381 e. The van der Waals surface area contributed by atoms with Gasteiger partial charge in [0.2, 0.25) is 5.91 Å². The summed E-state index contributed by atoms with van der Waals surface area (Å²) in [6.07, 6.45) is 8.70. The molecule has 0 unspecified atom stereocenters. The van der Waals surface area contributed by atoms with Crippen LogP contribution in [0.1, 0.15) is 45.4 Å². The van der Waals surface area contributed by atoms with E-state index in [0.717, 1.165) is 37.2 Å². The summed E-state index contributed by atoms with van der Waals surface area (Å²) < 4.78 is 7.52. The SMILES string of the molecule is CC[C@H](Nc1ncnc2c1nc(-c1cnc(C)nc1)n2CC)C(=O)N1CCC[C@@H](OC)CC1. The number of anilines is 1. The van der Waals surface area contributed by atoms with Crippen molar-refractivity contribution in [3.05, 3.63) is 24.5 Å². The van der Waals surface area contributed by atoms with E-state index < -0.39 is 0 Å². The molecule has 10 heteroatoms. The molecule has 0 radical (unpaired) electrons. The second-order valence-corrected chi connectivity index (χ2v) is 8.31. The molecule has 2 atom stereocenters. The van der Waals surface area contributed by atoms with E-state index >= 15 is 0 Å². The van der Waals surface area contributed by atoms with E-state index in [1.54, 1.807) is 19.5 Å². The lowest BCUT2D eigenvalue weighted by Gasteiger charge is -2.26. The fraction of sp³-hybridized carbons (Fsp3) is 0.565. The van der Waals surface area contributed by atoms with Crippen LogP contribution >= 0.6 is 0 Å². The Hall–Kier alpha value is -3.14. The lowest BCUT2D eigenvalue weighted by molar-refractivity contribution is -0.132. The third kappa shape index (κ3) is 4.80. The van der Waals surface area contributed by atoms with Crippen molar-refractivity contribution in [3.8, 4) is 11.4 Å². The van der Waals surface area contributed by atoms with Crippen LogP contribution in [0.3, 0.4) is 0 Å². The number of ether oxygens (including phenoxy) is 1. The number of hydrogen-bond donors (Lipinski definition) is 1. The molecule has 3 aromatic rings. The maximum absolute atomic E-state index is 13.3. The fourth-order valence-corrected chi connectivity index (χ4v) is 4.32. The number of aromatic nitrogens is 6. The number of fused-ring (bicyclic) bond motifs is 1. The lowest BCUT2D eigenvalue weighted by Crippen LogP contribution is -2.43. The highest BCUT2D eigenvalue weighted by molar-refractivity contribution is 5.90. The number of hydrogen-bond acceptors (Lipinski definition) is 8. The van der Waals surface area contributed by atoms with Gasteiger partial charge in [0.1, 0.15) is 24.0 Å². The Bertz CT molecular complexity index is 1100. The number of carbonyl (C=O) groups is 1. The van der Waals surface area contributed by atoms with Gasteiger partial charge in [-0.3, -0.25) is 4.79 Å². The summed E-state index contributed by atoms with van der Waals surface area (Å²) in [6, 6.07) is -0.389. The molecule has 1 fully saturated rings. The van der Waals surface area contributed by atoms with Gasteiger partial charge in [-0.05, 0) is 39.5 Å². The number of methoxy groups -OCH3 is 1. The predicted octanol–water partition coefficient (Wildman–Crippen LogP) is 2.83. The van der Waals surface area contributed by atoms with Crippen LogP contribution < -0.4 is 5.32 Å². The molecule has 0 saturated carbocycles. The minimum Gasteiger partial charge on any atom is -0.381 e. The van der Waals surface area contributed by atoms with Crippen LogP contribution in [-0.2, 0) is 16.1 Å². The van der Waals surface area contributed by atoms with Crippen molar-refractivity contribution in [2.45, 2.75) is 65.1 Å². The predicted molar refractivity (Wildman–Crippen MR) is 126 cm³/mol. The molecule has 4 heterocycles. The Morgan fingerprint density at radius 3 is 2.67 bits per heavy atom. The van der Waals surface area contributed by atoms with E-state index in [-0.39, 0.29) is 18.1 Å². The van der Waals surface area contributed by atoms with E-state index in [0.29, 0.717) is 42.3 Å². The monoisotopic (exact) mass is 452 g/mol. The first-order valence-electron chi connectivity index (χ1n) is 11.6. The van der Waals surface area contributed by atoms with Crippen LogP contribution in [0.4, 0.5) is 5.82 Å². The summed E-state index contributed by atoms with van der Waals surface area (Å²) in [5.41, 5.74) is 2.16. The van der Waals surface area contributed by atoms with Gasteiger partial charge >= 0.3 is 0 Å². The maximum Gasteiger partial charge on any atom is 0.245 e. The summed E-state index contributed by atoms with van der Waals surface area (Å²) in [5.74, 6) is 2.08. The lowest BCUT2D eigenvalue weighted by atomic mass is 10.2. The topological polar surface area (TPSA) is 111 Å². The molecule has 10 nitrogen and oxygen atoms in total. The molecule has 176 valence electrons. The molecule has 1 N–H and O–H groups in total. The zero-order valence-electron chi connectivity index (χ0n) is 19.8. The van der Waals surface area contributed by atoms with Crippen LogP contribution in [-0.4, -0.2) is 72.6 Å². The van der Waals surface area contributed by atoms with Gasteiger partial charge in [-0.1, -0.05) is 6.92 Å². The molecule has 1 aliphatic heterocycles. The summed E-state index contributed by atoms with van der Waals surface area (Å²) in [7, 11) is 1.74. The van der Waals surface area contributed by atoms with Gasteiger partial charge in [-0.25, -0.2) is 24.9 Å². The Kier molecular flexibility index (Phi) is 7.12. The first-order chi connectivity index (χ1) is 16.0. The fourth-order valence-electron chi connectivity index (χ4n) is 4.32. The first-order valence-corrected chi connectivity index (χ1v) is 11.6. The minimum absolute atomic E-state index is 0.0862. The van der Waals surface area contributed by atoms with Crippen molar-refractivity contribution in [3.63, 3.8) is 0 Å². The molecule has 1 aliphatic rings. The van der Waals surface area contributed by atoms with E-state index in [1.807, 2.05) is 30.2 Å². The molecule has 1 amide bonds. The Balaban J connectivity index is 1.62. The number of aryl methyl sites for hydroxylation is 2. The van der Waals surface area contributed by atoms with E-state index in [2.05, 4.69) is 25.3 Å². The standard InChI is InChI=1S/C23H32N8O2/c1-5-18(23(32)30-10-7-8-17(33-4)9-11-30)28-20-19-22(27-14-26-20)31(6-2)21(29-19)16-12-24-15(3)25-13-16/h12-14,17-18H,5-11H2,1-4H3,(H,26,27,28)/t17-,18+/m1/s1. The van der Waals surface area contributed by atoms with Gasteiger partial charge in [-0.15, -0.1) is 0 Å². The minimum atomic E-state index is -0.389. The number of carbonyl (C=O) groups excluding carboxylic acids is 1. The number of imidazole rings is 1. The summed E-state index contributed by atoms with van der Waals surface area (Å²) in [6.45, 7) is 8.03. The van der Waals surface area contributed by atoms with Gasteiger partial charge in [0, 0.05) is 39.1 Å². The van der Waals surface area contributed by atoms with Crippen molar-refractivity contribution < 1.29 is 9.53 Å². The molecule has 0 bridgehead atoms. The van der Waals surface area contributed by atoms with Gasteiger partial charge in [0.15, 0.2) is 17.0 Å². The molecule has 1 saturated heterocycles. The summed E-state index contributed by atoms with van der Waals surface area (Å²) in [4.78, 5) is 37.6. The molecule has 0 aromatic carbocycles. The first kappa shape index (κ1) is 23.0. The Morgan fingerprint density at radius 2 is 1.97 bits per heavy atom. The van der Waals surface area contributed by atoms with Crippen molar-refractivity contribution in [1.29, 1.82) is 0 Å². The maximum atomic E-state index is 13.3. The van der Waals surface area contributed by atoms with E-state index in [9.17, 15) is 4.79 Å². The van der Waals surface area contributed by atoms with Crippen molar-refractivity contribution in [2.75, 3.05) is 25.5 Å². The van der Waals surface area contributed by atoms with Gasteiger partial charge < -0.3 is 19.5 Å². The average Bonchev–Trinajstić information content (AvgIpc) is 3.05. The molecular formula is C23H32N8O2. The number of amides is 1. The van der Waals surface area contributed by atoms with Crippen LogP contribution in [0.25, 0.3) is 22.6 Å². The quantitative estimate of drug-likeness (QED) is 0.583. The second kappa shape index (κ2) is 10.2. The third-order valence-corrected chi connectivity index (χ3v) is 6.22. The zero-order valence-corrected chi connectivity index (χ0v) is 19.8. The molecule has 0 spiro atoms. The summed E-state index contributed by atoms with van der Waals surface area (Å²) in [5, 5.41) is 3.36. The Morgan fingerprint density at radius 1 is 1.18 bits per heavy atom. The third-order valence-electron chi connectivity index (χ3n) is 6.22. The number of nitrogens with one attached hydrogen (secondary N) is 1. The number of likely N-dealkylation sites (tertiary alicyclic amines) is 1. The van der Waals surface area contributed by atoms with E-state index in [4.69, 9.17) is 9.72 Å². The van der Waals surface area contributed by atoms with Crippen LogP contribution in [0.5, 0.6) is 0 Å². The normalized spacial score (nSPS) is 17.7. The van der Waals surface area contributed by atoms with Crippen molar-refractivity contribution >= 4 is 22.9 Å². The highest BCUT2D eigenvalue weighted by Gasteiger charge is 2.27. The summed E-state index contributed by atoms with van der Waals surface area (Å²) >= 11 is 0. The molecular weight excluding hydrogens is 420 g/mol. The van der Waals surface area contributed by atoms with Crippen molar-refractivity contribution in [2.24, 2.45) is 0 Å². The van der Waals surface area contributed by atoms with Crippen LogP contribution in [0.2, 0.25) is 0 Å². The Labute approximate surface area is 193 Å². The van der Waals surface area contributed by atoms with Gasteiger partial charge in [0.25, 0.3) is 0 Å². The van der Waals surface area contributed by atoms with E-state index in [1.165, 1.54) is 6.33 Å². The number of nitrogens with zero attached hydrogens (tertiary/aromatic N) is 7. The smallest absolute Gasteiger partial charge is 0.245 e. The van der Waals surface area contributed by atoms with Crippen LogP contribution in [0.15, 0.2) is 18.7 Å². The van der Waals surface area contributed by atoms with Gasteiger partial charge in [-0.2, -0.15) is 0 Å². The highest BCUT2D eigenvalue weighted by atomic mass is 16.5. The average molecular weight is 453 g/mol. The molecule has 3 aromatic heterocycles. The second-order valence-electron chi connectivity index (χ2n) is 8.31. The zero-order chi connectivity index (χ0) is 23.4. The molecule has 4 rings (SSSR count). The van der Waals surface area contributed by atoms with Gasteiger partial charge in [0.05, 0.1) is 11.7 Å². The van der Waals surface area contributed by atoms with Crippen LogP contribution in [0, 0.1) is 6.92 Å². The number of rotatable bonds is 7. The van der Waals surface area contributed by atoms with Crippen molar-refractivity contribution in [1.82, 2.24) is 34.4 Å².